The van der Waals surface area contributed by atoms with Gasteiger partial charge in [0.05, 0.1) is 18.3 Å². The van der Waals surface area contributed by atoms with Gasteiger partial charge in [0.15, 0.2) is 0 Å². The van der Waals surface area contributed by atoms with Gasteiger partial charge in [0.2, 0.25) is 0 Å². The number of rotatable bonds is 2. The van der Waals surface area contributed by atoms with E-state index in [1.807, 2.05) is 45.9 Å². The normalized spacial score (nSPS) is 21.9. The number of ether oxygens (including phenoxy) is 1. The Labute approximate surface area is 120 Å². The number of aliphatic hydroxyl groups excluding tert-OH is 1. The molecule has 0 radical (unpaired) electrons. The number of carbonyl (C=O) groups excluding carboxylic acids is 1. The minimum atomic E-state index is -0.432. The van der Waals surface area contributed by atoms with E-state index >= 15 is 0 Å². The van der Waals surface area contributed by atoms with Crippen molar-refractivity contribution in [3.8, 4) is 0 Å². The zero-order valence-corrected chi connectivity index (χ0v) is 12.6. The van der Waals surface area contributed by atoms with Gasteiger partial charge < -0.3 is 14.7 Å². The van der Waals surface area contributed by atoms with Crippen LogP contribution in [0.2, 0.25) is 0 Å². The van der Waals surface area contributed by atoms with Crippen LogP contribution in [0.15, 0.2) is 18.2 Å². The molecular weight excluding hydrogens is 254 g/mol. The van der Waals surface area contributed by atoms with E-state index in [4.69, 9.17) is 4.74 Å². The first-order chi connectivity index (χ1) is 9.32. The van der Waals surface area contributed by atoms with E-state index in [2.05, 4.69) is 0 Å². The van der Waals surface area contributed by atoms with Gasteiger partial charge in [-0.1, -0.05) is 17.7 Å². The third-order valence-electron chi connectivity index (χ3n) is 3.60. The monoisotopic (exact) mass is 277 g/mol. The summed E-state index contributed by atoms with van der Waals surface area (Å²) in [5, 5.41) is 9.33. The predicted molar refractivity (Wildman–Crippen MR) is 77.9 cm³/mol. The highest BCUT2D eigenvalue weighted by Crippen LogP contribution is 2.23. The number of aryl methyl sites for hydroxylation is 2. The van der Waals surface area contributed by atoms with Crippen LogP contribution in [-0.4, -0.2) is 47.3 Å². The number of nitrogens with zero attached hydrogens (tertiary/aromatic N) is 1. The summed E-state index contributed by atoms with van der Waals surface area (Å²) in [5.41, 5.74) is 2.36. The minimum Gasteiger partial charge on any atom is -0.394 e. The largest absolute Gasteiger partial charge is 0.394 e. The Bertz CT molecular complexity index is 510. The quantitative estimate of drug-likeness (QED) is 0.898. The topological polar surface area (TPSA) is 49.8 Å². The molecule has 0 bridgehead atoms. The highest BCUT2D eigenvalue weighted by Gasteiger charge is 2.35. The number of morpholine rings is 1. The van der Waals surface area contributed by atoms with Crippen LogP contribution < -0.4 is 0 Å². The van der Waals surface area contributed by atoms with Crippen molar-refractivity contribution in [2.75, 3.05) is 19.7 Å². The zero-order valence-electron chi connectivity index (χ0n) is 12.6. The SMILES string of the molecule is Cc1ccc(C)c(C(=O)N2CC(CO)OC(C)(C)C2)c1. The molecule has 1 aliphatic rings. The van der Waals surface area contributed by atoms with Crippen molar-refractivity contribution in [2.24, 2.45) is 0 Å². The Balaban J connectivity index is 2.25. The van der Waals surface area contributed by atoms with Gasteiger partial charge in [-0.05, 0) is 39.3 Å². The molecule has 1 aromatic rings. The molecule has 1 N–H and O–H groups in total. The van der Waals surface area contributed by atoms with Gasteiger partial charge in [0.1, 0.15) is 0 Å². The molecule has 1 amide bonds. The maximum atomic E-state index is 12.7. The van der Waals surface area contributed by atoms with E-state index in [-0.39, 0.29) is 18.6 Å². The lowest BCUT2D eigenvalue weighted by atomic mass is 10.0. The van der Waals surface area contributed by atoms with Crippen LogP contribution in [0.1, 0.15) is 35.3 Å². The van der Waals surface area contributed by atoms with Crippen molar-refractivity contribution in [2.45, 2.75) is 39.4 Å². The number of aliphatic hydroxyl groups is 1. The molecule has 0 aromatic heterocycles. The van der Waals surface area contributed by atoms with E-state index in [1.165, 1.54) is 0 Å². The van der Waals surface area contributed by atoms with Crippen molar-refractivity contribution in [1.82, 2.24) is 4.90 Å². The first-order valence-electron chi connectivity index (χ1n) is 6.97. The molecule has 4 heteroatoms. The summed E-state index contributed by atoms with van der Waals surface area (Å²) in [6.07, 6.45) is -0.312. The Hall–Kier alpha value is -1.39. The summed E-state index contributed by atoms with van der Waals surface area (Å²) in [6, 6.07) is 5.90. The third-order valence-corrected chi connectivity index (χ3v) is 3.60. The van der Waals surface area contributed by atoms with Crippen LogP contribution in [0.25, 0.3) is 0 Å². The van der Waals surface area contributed by atoms with Gasteiger partial charge in [-0.2, -0.15) is 0 Å². The Morgan fingerprint density at radius 1 is 1.45 bits per heavy atom. The second-order valence-electron chi connectivity index (χ2n) is 6.19. The van der Waals surface area contributed by atoms with E-state index in [0.717, 1.165) is 16.7 Å². The van der Waals surface area contributed by atoms with Crippen LogP contribution in [0.5, 0.6) is 0 Å². The molecule has 1 saturated heterocycles. The van der Waals surface area contributed by atoms with Crippen molar-refractivity contribution < 1.29 is 14.6 Å². The number of amides is 1. The number of benzene rings is 1. The lowest BCUT2D eigenvalue weighted by Gasteiger charge is -2.42. The lowest BCUT2D eigenvalue weighted by Crippen LogP contribution is -2.55. The fourth-order valence-corrected chi connectivity index (χ4v) is 2.68. The number of hydrogen-bond donors (Lipinski definition) is 1. The minimum absolute atomic E-state index is 0.0148. The molecule has 110 valence electrons. The van der Waals surface area contributed by atoms with Crippen LogP contribution in [0, 0.1) is 13.8 Å². The third kappa shape index (κ3) is 3.19. The number of hydrogen-bond acceptors (Lipinski definition) is 3. The lowest BCUT2D eigenvalue weighted by molar-refractivity contribution is -0.139. The van der Waals surface area contributed by atoms with Gasteiger partial charge in [-0.3, -0.25) is 4.79 Å². The molecule has 1 atom stereocenters. The maximum Gasteiger partial charge on any atom is 0.254 e. The van der Waals surface area contributed by atoms with Gasteiger partial charge in [-0.25, -0.2) is 0 Å². The second-order valence-corrected chi connectivity index (χ2v) is 6.19. The van der Waals surface area contributed by atoms with E-state index in [1.54, 1.807) is 4.90 Å². The van der Waals surface area contributed by atoms with Crippen LogP contribution in [0.3, 0.4) is 0 Å². The molecule has 0 spiro atoms. The molecule has 1 unspecified atom stereocenters. The van der Waals surface area contributed by atoms with Gasteiger partial charge >= 0.3 is 0 Å². The van der Waals surface area contributed by atoms with Crippen LogP contribution >= 0.6 is 0 Å². The summed E-state index contributed by atoms with van der Waals surface area (Å²) >= 11 is 0. The Kier molecular flexibility index (Phi) is 4.16. The Morgan fingerprint density at radius 2 is 2.15 bits per heavy atom. The second kappa shape index (κ2) is 5.54. The van der Waals surface area contributed by atoms with Crippen molar-refractivity contribution in [3.63, 3.8) is 0 Å². The van der Waals surface area contributed by atoms with Crippen LogP contribution in [-0.2, 0) is 4.74 Å². The highest BCUT2D eigenvalue weighted by atomic mass is 16.5. The van der Waals surface area contributed by atoms with Gasteiger partial charge in [0.25, 0.3) is 5.91 Å². The fraction of sp³-hybridized carbons (Fsp3) is 0.562. The molecule has 0 saturated carbocycles. The standard InChI is InChI=1S/C16H23NO3/c1-11-5-6-12(2)14(7-11)15(19)17-8-13(9-18)20-16(3,4)10-17/h5-7,13,18H,8-10H2,1-4H3. The van der Waals surface area contributed by atoms with E-state index in [0.29, 0.717) is 13.1 Å². The van der Waals surface area contributed by atoms with Gasteiger partial charge in [0, 0.05) is 18.7 Å². The molecule has 2 rings (SSSR count). The molecule has 20 heavy (non-hydrogen) atoms. The van der Waals surface area contributed by atoms with E-state index in [9.17, 15) is 9.90 Å². The van der Waals surface area contributed by atoms with E-state index < -0.39 is 5.60 Å². The molecule has 1 heterocycles. The van der Waals surface area contributed by atoms with Gasteiger partial charge in [-0.15, -0.1) is 0 Å². The molecular formula is C16H23NO3. The molecule has 1 aromatic carbocycles. The summed E-state index contributed by atoms with van der Waals surface area (Å²) in [4.78, 5) is 14.5. The average molecular weight is 277 g/mol. The Morgan fingerprint density at radius 3 is 2.80 bits per heavy atom. The zero-order chi connectivity index (χ0) is 14.9. The predicted octanol–water partition coefficient (Wildman–Crippen LogP) is 1.92. The van der Waals surface area contributed by atoms with Crippen molar-refractivity contribution in [3.05, 3.63) is 34.9 Å². The molecule has 0 aliphatic carbocycles. The molecule has 1 aliphatic heterocycles. The summed E-state index contributed by atoms with van der Waals surface area (Å²) in [7, 11) is 0. The summed E-state index contributed by atoms with van der Waals surface area (Å²) < 4.78 is 5.75. The van der Waals surface area contributed by atoms with Crippen LogP contribution in [0.4, 0.5) is 0 Å². The summed E-state index contributed by atoms with van der Waals surface area (Å²) in [6.45, 7) is 8.72. The smallest absolute Gasteiger partial charge is 0.254 e. The molecule has 1 fully saturated rings. The fourth-order valence-electron chi connectivity index (χ4n) is 2.68. The van der Waals surface area contributed by atoms with Crippen molar-refractivity contribution >= 4 is 5.91 Å². The van der Waals surface area contributed by atoms with Crippen molar-refractivity contribution in [1.29, 1.82) is 0 Å². The first kappa shape index (κ1) is 15.0. The average Bonchev–Trinajstić information content (AvgIpc) is 2.38. The maximum absolute atomic E-state index is 12.7. The summed E-state index contributed by atoms with van der Waals surface area (Å²) in [5.74, 6) is 0.0148. The highest BCUT2D eigenvalue weighted by molar-refractivity contribution is 5.96. The molecule has 4 nitrogen and oxygen atoms in total. The number of carbonyl (C=O) groups is 1. The first-order valence-corrected chi connectivity index (χ1v) is 6.97.